The van der Waals surface area contributed by atoms with Crippen LogP contribution in [0.2, 0.25) is 0 Å². The molecule has 0 fully saturated rings. The summed E-state index contributed by atoms with van der Waals surface area (Å²) in [6.07, 6.45) is 0. The Kier molecular flexibility index (Phi) is 5.24. The summed E-state index contributed by atoms with van der Waals surface area (Å²) >= 11 is 1.54. The molecule has 0 aliphatic rings. The van der Waals surface area contributed by atoms with E-state index in [0.717, 1.165) is 4.90 Å². The molecule has 0 aromatic heterocycles. The van der Waals surface area contributed by atoms with E-state index in [1.807, 2.05) is 13.0 Å². The first kappa shape index (κ1) is 16.1. The van der Waals surface area contributed by atoms with Crippen molar-refractivity contribution in [1.29, 1.82) is 5.26 Å². The summed E-state index contributed by atoms with van der Waals surface area (Å²) in [6, 6.07) is 15.1. The highest BCUT2D eigenvalue weighted by Crippen LogP contribution is 2.26. The maximum absolute atomic E-state index is 12.2. The molecule has 2 aromatic carbocycles. The van der Waals surface area contributed by atoms with Crippen molar-refractivity contribution in [3.8, 4) is 6.07 Å². The van der Waals surface area contributed by atoms with Crippen LogP contribution in [-0.2, 0) is 4.79 Å². The van der Waals surface area contributed by atoms with Gasteiger partial charge in [0.15, 0.2) is 0 Å². The van der Waals surface area contributed by atoms with Crippen LogP contribution in [0.4, 0.5) is 5.69 Å². The smallest absolute Gasteiger partial charge is 0.237 e. The van der Waals surface area contributed by atoms with E-state index in [0.29, 0.717) is 11.3 Å². The topological polar surface area (TPSA) is 52.9 Å². The van der Waals surface area contributed by atoms with E-state index in [-0.39, 0.29) is 11.2 Å². The summed E-state index contributed by atoms with van der Waals surface area (Å²) in [7, 11) is 0. The van der Waals surface area contributed by atoms with Gasteiger partial charge in [-0.15, -0.1) is 11.8 Å². The zero-order valence-corrected chi connectivity index (χ0v) is 13.7. The van der Waals surface area contributed by atoms with Gasteiger partial charge in [0, 0.05) is 10.6 Å². The molecule has 1 atom stereocenters. The Morgan fingerprint density at radius 2 is 1.82 bits per heavy atom. The summed E-state index contributed by atoms with van der Waals surface area (Å²) in [5, 5.41) is 11.4. The van der Waals surface area contributed by atoms with E-state index in [4.69, 9.17) is 5.26 Å². The minimum absolute atomic E-state index is 0.0482. The molecule has 2 aromatic rings. The SMILES string of the molecule is Cc1ccc(S[C@H](C)C(=O)Nc2ccc(C#N)cc2)cc1C. The summed E-state index contributed by atoms with van der Waals surface area (Å²) in [5.74, 6) is -0.0482. The summed E-state index contributed by atoms with van der Waals surface area (Å²) in [4.78, 5) is 13.3. The van der Waals surface area contributed by atoms with Gasteiger partial charge in [-0.05, 0) is 68.3 Å². The average Bonchev–Trinajstić information content (AvgIpc) is 2.51. The van der Waals surface area contributed by atoms with Crippen molar-refractivity contribution < 1.29 is 4.79 Å². The molecule has 3 nitrogen and oxygen atoms in total. The zero-order chi connectivity index (χ0) is 16.1. The van der Waals surface area contributed by atoms with Gasteiger partial charge in [0.05, 0.1) is 16.9 Å². The van der Waals surface area contributed by atoms with Gasteiger partial charge in [0.25, 0.3) is 0 Å². The lowest BCUT2D eigenvalue weighted by atomic mass is 10.1. The molecule has 0 bridgehead atoms. The Balaban J connectivity index is 1.99. The molecule has 1 N–H and O–H groups in total. The fraction of sp³-hybridized carbons (Fsp3) is 0.222. The lowest BCUT2D eigenvalue weighted by Gasteiger charge is -2.13. The molecular formula is C18H18N2OS. The van der Waals surface area contributed by atoms with Gasteiger partial charge in [-0.3, -0.25) is 4.79 Å². The fourth-order valence-electron chi connectivity index (χ4n) is 1.92. The summed E-state index contributed by atoms with van der Waals surface area (Å²) in [6.45, 7) is 6.03. The third-order valence-electron chi connectivity index (χ3n) is 3.44. The van der Waals surface area contributed by atoms with Crippen LogP contribution in [0.15, 0.2) is 47.4 Å². The van der Waals surface area contributed by atoms with E-state index in [9.17, 15) is 4.79 Å². The van der Waals surface area contributed by atoms with Crippen molar-refractivity contribution in [3.05, 3.63) is 59.2 Å². The van der Waals surface area contributed by atoms with Crippen LogP contribution < -0.4 is 5.32 Å². The van der Waals surface area contributed by atoms with Crippen molar-refractivity contribution in [2.45, 2.75) is 30.9 Å². The Bertz CT molecular complexity index is 717. The Labute approximate surface area is 135 Å². The molecule has 4 heteroatoms. The molecule has 0 aliphatic heterocycles. The first-order valence-electron chi connectivity index (χ1n) is 7.04. The molecule has 0 saturated heterocycles. The van der Waals surface area contributed by atoms with Gasteiger partial charge < -0.3 is 5.32 Å². The second-order valence-electron chi connectivity index (χ2n) is 5.18. The van der Waals surface area contributed by atoms with Crippen molar-refractivity contribution in [2.24, 2.45) is 0 Å². The van der Waals surface area contributed by atoms with Crippen LogP contribution in [0.25, 0.3) is 0 Å². The predicted molar refractivity (Wildman–Crippen MR) is 91.0 cm³/mol. The number of carbonyl (C=O) groups excluding carboxylic acids is 1. The predicted octanol–water partition coefficient (Wildman–Crippen LogP) is 4.29. The molecule has 0 heterocycles. The third-order valence-corrected chi connectivity index (χ3v) is 4.54. The first-order valence-corrected chi connectivity index (χ1v) is 7.92. The van der Waals surface area contributed by atoms with Gasteiger partial charge in [-0.25, -0.2) is 0 Å². The first-order chi connectivity index (χ1) is 10.5. The largest absolute Gasteiger partial charge is 0.325 e. The number of nitriles is 1. The highest BCUT2D eigenvalue weighted by Gasteiger charge is 2.14. The second kappa shape index (κ2) is 7.15. The quantitative estimate of drug-likeness (QED) is 0.857. The maximum Gasteiger partial charge on any atom is 0.237 e. The number of nitrogens with one attached hydrogen (secondary N) is 1. The van der Waals surface area contributed by atoms with Crippen LogP contribution in [0.3, 0.4) is 0 Å². The molecule has 112 valence electrons. The number of hydrogen-bond donors (Lipinski definition) is 1. The molecule has 0 aliphatic carbocycles. The van der Waals surface area contributed by atoms with Gasteiger partial charge in [0.1, 0.15) is 0 Å². The van der Waals surface area contributed by atoms with E-state index < -0.39 is 0 Å². The van der Waals surface area contributed by atoms with Crippen LogP contribution in [0.1, 0.15) is 23.6 Å². The summed E-state index contributed by atoms with van der Waals surface area (Å²) < 4.78 is 0. The molecular weight excluding hydrogens is 292 g/mol. The van der Waals surface area contributed by atoms with Gasteiger partial charge >= 0.3 is 0 Å². The van der Waals surface area contributed by atoms with Crippen molar-refractivity contribution >= 4 is 23.4 Å². The Morgan fingerprint density at radius 1 is 1.14 bits per heavy atom. The van der Waals surface area contributed by atoms with Crippen molar-refractivity contribution in [3.63, 3.8) is 0 Å². The third kappa shape index (κ3) is 4.12. The molecule has 0 radical (unpaired) electrons. The number of thioether (sulfide) groups is 1. The highest BCUT2D eigenvalue weighted by molar-refractivity contribution is 8.00. The molecule has 0 spiro atoms. The fourth-order valence-corrected chi connectivity index (χ4v) is 2.88. The van der Waals surface area contributed by atoms with E-state index in [1.165, 1.54) is 22.9 Å². The van der Waals surface area contributed by atoms with Crippen LogP contribution in [0, 0.1) is 25.2 Å². The van der Waals surface area contributed by atoms with Crippen LogP contribution in [0.5, 0.6) is 0 Å². The van der Waals surface area contributed by atoms with Gasteiger partial charge in [-0.2, -0.15) is 5.26 Å². The summed E-state index contributed by atoms with van der Waals surface area (Å²) in [5.41, 5.74) is 3.76. The number of rotatable bonds is 4. The van der Waals surface area contributed by atoms with Crippen LogP contribution >= 0.6 is 11.8 Å². The molecule has 22 heavy (non-hydrogen) atoms. The maximum atomic E-state index is 12.2. The van der Waals surface area contributed by atoms with Gasteiger partial charge in [-0.1, -0.05) is 6.07 Å². The number of amides is 1. The van der Waals surface area contributed by atoms with Gasteiger partial charge in [0.2, 0.25) is 5.91 Å². The monoisotopic (exact) mass is 310 g/mol. The lowest BCUT2D eigenvalue weighted by Crippen LogP contribution is -2.22. The molecule has 1 amide bonds. The average molecular weight is 310 g/mol. The highest BCUT2D eigenvalue weighted by atomic mass is 32.2. The lowest BCUT2D eigenvalue weighted by molar-refractivity contribution is -0.115. The number of nitrogens with zero attached hydrogens (tertiary/aromatic N) is 1. The number of aryl methyl sites for hydroxylation is 2. The van der Waals surface area contributed by atoms with E-state index in [2.05, 4.69) is 37.4 Å². The van der Waals surface area contributed by atoms with Crippen molar-refractivity contribution in [2.75, 3.05) is 5.32 Å². The number of anilines is 1. The Morgan fingerprint density at radius 3 is 2.41 bits per heavy atom. The normalized spacial score (nSPS) is 11.5. The zero-order valence-electron chi connectivity index (χ0n) is 12.9. The number of benzene rings is 2. The van der Waals surface area contributed by atoms with Crippen LogP contribution in [-0.4, -0.2) is 11.2 Å². The standard InChI is InChI=1S/C18H18N2OS/c1-12-4-9-17(10-13(12)2)22-14(3)18(21)20-16-7-5-15(11-19)6-8-16/h4-10,14H,1-3H3,(H,20,21)/t14-/m1/s1. The molecule has 0 unspecified atom stereocenters. The Hall–Kier alpha value is -2.25. The van der Waals surface area contributed by atoms with Crippen molar-refractivity contribution in [1.82, 2.24) is 0 Å². The van der Waals surface area contributed by atoms with E-state index in [1.54, 1.807) is 24.3 Å². The molecule has 0 saturated carbocycles. The van der Waals surface area contributed by atoms with E-state index >= 15 is 0 Å². The number of carbonyl (C=O) groups is 1. The number of hydrogen-bond acceptors (Lipinski definition) is 3. The second-order valence-corrected chi connectivity index (χ2v) is 6.60. The minimum atomic E-state index is -0.197. The minimum Gasteiger partial charge on any atom is -0.325 e. The molecule has 2 rings (SSSR count).